The Labute approximate surface area is 157 Å². The second-order valence-electron chi connectivity index (χ2n) is 6.06. The number of carbonyl (C=O) groups excluding carboxylic acids is 2. The number of Topliss-reactive ketones (excluding diaryl/α,β-unsaturated/α-hetero) is 1. The summed E-state index contributed by atoms with van der Waals surface area (Å²) in [5, 5.41) is 0. The summed E-state index contributed by atoms with van der Waals surface area (Å²) in [6.45, 7) is 2.14. The van der Waals surface area contributed by atoms with Gasteiger partial charge in [-0.05, 0) is 55.0 Å². The van der Waals surface area contributed by atoms with E-state index in [9.17, 15) is 9.59 Å². The van der Waals surface area contributed by atoms with Gasteiger partial charge in [0, 0.05) is 24.5 Å². The molecule has 0 spiro atoms. The molecule has 0 aliphatic carbocycles. The van der Waals surface area contributed by atoms with E-state index in [1.54, 1.807) is 53.9 Å². The van der Waals surface area contributed by atoms with Gasteiger partial charge in [-0.25, -0.2) is 0 Å². The van der Waals surface area contributed by atoms with Crippen molar-refractivity contribution in [2.24, 2.45) is 0 Å². The lowest BCUT2D eigenvalue weighted by Crippen LogP contribution is -2.34. The average molecular weight is 364 g/mol. The largest absolute Gasteiger partial charge is 0.484 e. The minimum Gasteiger partial charge on any atom is -0.484 e. The first-order valence-corrected chi connectivity index (χ1v) is 8.54. The molecule has 0 fully saturated rings. The summed E-state index contributed by atoms with van der Waals surface area (Å²) in [7, 11) is 0. The quantitative estimate of drug-likeness (QED) is 0.572. The van der Waals surface area contributed by atoms with Crippen LogP contribution < -0.4 is 4.74 Å². The molecule has 138 valence electrons. The van der Waals surface area contributed by atoms with E-state index in [-0.39, 0.29) is 18.3 Å². The number of hydrogen-bond acceptors (Lipinski definition) is 5. The zero-order chi connectivity index (χ0) is 19.1. The number of aromatic nitrogens is 1. The van der Waals surface area contributed by atoms with Gasteiger partial charge in [-0.3, -0.25) is 14.6 Å². The zero-order valence-corrected chi connectivity index (χ0v) is 15.0. The number of benzene rings is 1. The first kappa shape index (κ1) is 18.4. The maximum absolute atomic E-state index is 12.7. The van der Waals surface area contributed by atoms with Gasteiger partial charge >= 0.3 is 0 Å². The molecule has 0 saturated carbocycles. The Kier molecular flexibility index (Phi) is 5.99. The molecule has 6 nitrogen and oxygen atoms in total. The van der Waals surface area contributed by atoms with Crippen molar-refractivity contribution in [1.82, 2.24) is 9.88 Å². The number of nitrogens with zero attached hydrogens (tertiary/aromatic N) is 2. The molecule has 0 N–H and O–H groups in total. The smallest absolute Gasteiger partial charge is 0.261 e. The Bertz CT molecular complexity index is 874. The minimum atomic E-state index is -0.175. The molecule has 27 heavy (non-hydrogen) atoms. The molecule has 3 aromatic rings. The molecule has 6 heteroatoms. The molecular weight excluding hydrogens is 344 g/mol. The first-order chi connectivity index (χ1) is 13.1. The third-order valence-electron chi connectivity index (χ3n) is 4.00. The molecule has 2 aromatic heterocycles. The molecule has 1 amide bonds. The van der Waals surface area contributed by atoms with Gasteiger partial charge < -0.3 is 14.1 Å². The van der Waals surface area contributed by atoms with Crippen molar-refractivity contribution >= 4 is 11.7 Å². The van der Waals surface area contributed by atoms with Gasteiger partial charge in [0.2, 0.25) is 0 Å². The highest BCUT2D eigenvalue weighted by molar-refractivity contribution is 5.94. The van der Waals surface area contributed by atoms with Crippen LogP contribution in [0.1, 0.15) is 28.6 Å². The topological polar surface area (TPSA) is 72.6 Å². The van der Waals surface area contributed by atoms with Gasteiger partial charge in [0.15, 0.2) is 12.4 Å². The van der Waals surface area contributed by atoms with Crippen molar-refractivity contribution < 1.29 is 18.7 Å². The van der Waals surface area contributed by atoms with E-state index in [0.29, 0.717) is 30.2 Å². The second kappa shape index (κ2) is 8.80. The van der Waals surface area contributed by atoms with Crippen LogP contribution >= 0.6 is 0 Å². The van der Waals surface area contributed by atoms with Crippen molar-refractivity contribution in [3.8, 4) is 5.75 Å². The average Bonchev–Trinajstić information content (AvgIpc) is 3.20. The Hall–Kier alpha value is -3.41. The third kappa shape index (κ3) is 5.28. The van der Waals surface area contributed by atoms with Crippen LogP contribution in [-0.4, -0.2) is 28.2 Å². The van der Waals surface area contributed by atoms with Crippen LogP contribution in [0.3, 0.4) is 0 Å². The highest BCUT2D eigenvalue weighted by Gasteiger charge is 2.17. The molecule has 2 heterocycles. The number of amides is 1. The first-order valence-electron chi connectivity index (χ1n) is 8.54. The van der Waals surface area contributed by atoms with E-state index in [2.05, 4.69) is 4.98 Å². The molecule has 0 aliphatic heterocycles. The van der Waals surface area contributed by atoms with E-state index >= 15 is 0 Å². The van der Waals surface area contributed by atoms with Crippen molar-refractivity contribution in [2.75, 3.05) is 6.61 Å². The fraction of sp³-hybridized carbons (Fsp3) is 0.190. The monoisotopic (exact) mass is 364 g/mol. The summed E-state index contributed by atoms with van der Waals surface area (Å²) >= 11 is 0. The van der Waals surface area contributed by atoms with Gasteiger partial charge in [0.1, 0.15) is 11.5 Å². The number of hydrogen-bond donors (Lipinski definition) is 0. The maximum atomic E-state index is 12.7. The van der Waals surface area contributed by atoms with Gasteiger partial charge in [-0.1, -0.05) is 6.07 Å². The molecule has 0 unspecified atom stereocenters. The fourth-order valence-electron chi connectivity index (χ4n) is 2.56. The van der Waals surface area contributed by atoms with Crippen LogP contribution in [0.5, 0.6) is 5.75 Å². The SMILES string of the molecule is CC(=O)c1ccc(OCC(=O)N(Cc2cccnc2)Cc2ccco2)cc1. The summed E-state index contributed by atoms with van der Waals surface area (Å²) in [5.41, 5.74) is 1.52. The van der Waals surface area contributed by atoms with E-state index in [1.165, 1.54) is 6.92 Å². The maximum Gasteiger partial charge on any atom is 0.261 e. The van der Waals surface area contributed by atoms with Crippen molar-refractivity contribution in [3.63, 3.8) is 0 Å². The summed E-state index contributed by atoms with van der Waals surface area (Å²) < 4.78 is 11.0. The normalized spacial score (nSPS) is 10.4. The number of ether oxygens (including phenoxy) is 1. The number of carbonyl (C=O) groups is 2. The van der Waals surface area contributed by atoms with E-state index in [1.807, 2.05) is 18.2 Å². The summed E-state index contributed by atoms with van der Waals surface area (Å²) in [6.07, 6.45) is 4.99. The summed E-state index contributed by atoms with van der Waals surface area (Å²) in [4.78, 5) is 29.8. The van der Waals surface area contributed by atoms with Crippen molar-refractivity contribution in [1.29, 1.82) is 0 Å². The van der Waals surface area contributed by atoms with Crippen LogP contribution in [0.25, 0.3) is 0 Å². The molecule has 0 aliphatic rings. The zero-order valence-electron chi connectivity index (χ0n) is 15.0. The molecule has 0 radical (unpaired) electrons. The van der Waals surface area contributed by atoms with Crippen molar-refractivity contribution in [3.05, 3.63) is 84.1 Å². The minimum absolute atomic E-state index is 0.0151. The van der Waals surface area contributed by atoms with Gasteiger partial charge in [0.05, 0.1) is 12.8 Å². The molecule has 3 rings (SSSR count). The van der Waals surface area contributed by atoms with Crippen molar-refractivity contribution in [2.45, 2.75) is 20.0 Å². The van der Waals surface area contributed by atoms with Gasteiger partial charge in [-0.15, -0.1) is 0 Å². The van der Waals surface area contributed by atoms with Crippen LogP contribution in [0.2, 0.25) is 0 Å². The van der Waals surface area contributed by atoms with Gasteiger partial charge in [-0.2, -0.15) is 0 Å². The lowest BCUT2D eigenvalue weighted by Gasteiger charge is -2.22. The molecule has 0 atom stereocenters. The number of ketones is 1. The molecule has 0 saturated heterocycles. The predicted molar refractivity (Wildman–Crippen MR) is 99.1 cm³/mol. The van der Waals surface area contributed by atoms with Crippen LogP contribution in [-0.2, 0) is 17.9 Å². The number of furan rings is 1. The third-order valence-corrected chi connectivity index (χ3v) is 4.00. The van der Waals surface area contributed by atoms with E-state index < -0.39 is 0 Å². The Balaban J connectivity index is 1.65. The number of rotatable bonds is 8. The number of pyridine rings is 1. The highest BCUT2D eigenvalue weighted by Crippen LogP contribution is 2.14. The van der Waals surface area contributed by atoms with E-state index in [4.69, 9.17) is 9.15 Å². The highest BCUT2D eigenvalue weighted by atomic mass is 16.5. The Morgan fingerprint density at radius 2 is 1.89 bits per heavy atom. The molecule has 0 bridgehead atoms. The fourth-order valence-corrected chi connectivity index (χ4v) is 2.56. The van der Waals surface area contributed by atoms with Gasteiger partial charge in [0.25, 0.3) is 5.91 Å². The Morgan fingerprint density at radius 3 is 2.52 bits per heavy atom. The van der Waals surface area contributed by atoms with Crippen LogP contribution in [0.15, 0.2) is 71.6 Å². The van der Waals surface area contributed by atoms with Crippen LogP contribution in [0.4, 0.5) is 0 Å². The lowest BCUT2D eigenvalue weighted by atomic mass is 10.1. The Morgan fingerprint density at radius 1 is 1.07 bits per heavy atom. The summed E-state index contributed by atoms with van der Waals surface area (Å²) in [6, 6.07) is 14.1. The molecule has 1 aromatic carbocycles. The molecular formula is C21H20N2O4. The standard InChI is InChI=1S/C21H20N2O4/c1-16(24)18-6-8-19(9-7-18)27-15-21(25)23(14-20-5-3-11-26-20)13-17-4-2-10-22-12-17/h2-12H,13-15H2,1H3. The predicted octanol–water partition coefficient (Wildman–Crippen LogP) is 3.49. The van der Waals surface area contributed by atoms with E-state index in [0.717, 1.165) is 5.56 Å². The van der Waals surface area contributed by atoms with Crippen LogP contribution in [0, 0.1) is 0 Å². The summed E-state index contributed by atoms with van der Waals surface area (Å²) in [5.74, 6) is 1.04. The lowest BCUT2D eigenvalue weighted by molar-refractivity contribution is -0.134. The second-order valence-corrected chi connectivity index (χ2v) is 6.06.